The first-order valence-electron chi connectivity index (χ1n) is 6.14. The number of nitrogens with zero attached hydrogens (tertiary/aromatic N) is 1. The Morgan fingerprint density at radius 1 is 1.29 bits per heavy atom. The van der Waals surface area contributed by atoms with E-state index >= 15 is 0 Å². The van der Waals surface area contributed by atoms with Gasteiger partial charge in [0.25, 0.3) is 5.91 Å². The zero-order valence-corrected chi connectivity index (χ0v) is 11.1. The molecule has 0 spiro atoms. The van der Waals surface area contributed by atoms with Crippen molar-refractivity contribution < 1.29 is 18.7 Å². The van der Waals surface area contributed by atoms with Gasteiger partial charge in [-0.3, -0.25) is 15.3 Å². The highest BCUT2D eigenvalue weighted by molar-refractivity contribution is 6.00. The highest BCUT2D eigenvalue weighted by Crippen LogP contribution is 2.21. The van der Waals surface area contributed by atoms with E-state index in [4.69, 9.17) is 0 Å². The number of hydrazine groups is 1. The van der Waals surface area contributed by atoms with Crippen LogP contribution in [0.3, 0.4) is 0 Å². The summed E-state index contributed by atoms with van der Waals surface area (Å²) in [4.78, 5) is 23.1. The van der Waals surface area contributed by atoms with Gasteiger partial charge >= 0.3 is 6.09 Å². The zero-order valence-electron chi connectivity index (χ0n) is 11.1. The number of aromatic amines is 1. The molecule has 1 aromatic heterocycles. The molecule has 0 radical (unpaired) electrons. The fraction of sp³-hybridized carbons (Fsp3) is 0.154. The monoisotopic (exact) mass is 292 g/mol. The van der Waals surface area contributed by atoms with Gasteiger partial charge in [0.2, 0.25) is 0 Å². The molecule has 110 valence electrons. The van der Waals surface area contributed by atoms with E-state index in [0.29, 0.717) is 11.3 Å². The van der Waals surface area contributed by atoms with Gasteiger partial charge in [0.15, 0.2) is 0 Å². The average Bonchev–Trinajstić information content (AvgIpc) is 2.95. The Balaban J connectivity index is 2.11. The molecule has 0 unspecified atom stereocenters. The standard InChI is InChI=1S/C13H13FN4O3/c1-2-21-13(20)18-17-12(19)10-7-15-16-11(10)8-3-5-9(14)6-4-8/h3-7H,2H2,1H3,(H,15,16)(H,17,19)(H,18,20). The van der Waals surface area contributed by atoms with Gasteiger partial charge in [0.05, 0.1) is 24.1 Å². The number of amides is 2. The van der Waals surface area contributed by atoms with Gasteiger partial charge in [0, 0.05) is 5.56 Å². The van der Waals surface area contributed by atoms with Crippen LogP contribution in [0.5, 0.6) is 0 Å². The average molecular weight is 292 g/mol. The van der Waals surface area contributed by atoms with Gasteiger partial charge in [-0.05, 0) is 31.2 Å². The molecule has 0 saturated heterocycles. The summed E-state index contributed by atoms with van der Waals surface area (Å²) in [6, 6.07) is 5.57. The predicted molar refractivity (Wildman–Crippen MR) is 71.6 cm³/mol. The van der Waals surface area contributed by atoms with Crippen LogP contribution in [0.1, 0.15) is 17.3 Å². The number of hydrogen-bond donors (Lipinski definition) is 3. The molecule has 2 aromatic rings. The van der Waals surface area contributed by atoms with Crippen molar-refractivity contribution in [3.8, 4) is 11.3 Å². The van der Waals surface area contributed by atoms with E-state index in [-0.39, 0.29) is 18.0 Å². The maximum Gasteiger partial charge on any atom is 0.426 e. The van der Waals surface area contributed by atoms with Gasteiger partial charge in [0.1, 0.15) is 5.82 Å². The molecule has 0 saturated carbocycles. The molecule has 0 aliphatic heterocycles. The van der Waals surface area contributed by atoms with Crippen LogP contribution < -0.4 is 10.9 Å². The maximum absolute atomic E-state index is 12.9. The number of halogens is 1. The molecule has 21 heavy (non-hydrogen) atoms. The largest absolute Gasteiger partial charge is 0.449 e. The van der Waals surface area contributed by atoms with Gasteiger partial charge in [-0.15, -0.1) is 0 Å². The van der Waals surface area contributed by atoms with E-state index in [1.165, 1.54) is 30.5 Å². The number of rotatable bonds is 3. The molecular weight excluding hydrogens is 279 g/mol. The van der Waals surface area contributed by atoms with Crippen LogP contribution in [0.15, 0.2) is 30.5 Å². The number of aromatic nitrogens is 2. The van der Waals surface area contributed by atoms with Crippen LogP contribution in [-0.4, -0.2) is 28.8 Å². The number of hydrogen-bond acceptors (Lipinski definition) is 4. The quantitative estimate of drug-likeness (QED) is 0.749. The molecule has 8 heteroatoms. The summed E-state index contributed by atoms with van der Waals surface area (Å²) in [5.41, 5.74) is 5.51. The third-order valence-electron chi connectivity index (χ3n) is 2.57. The Morgan fingerprint density at radius 3 is 2.67 bits per heavy atom. The van der Waals surface area contributed by atoms with Crippen molar-refractivity contribution in [3.05, 3.63) is 41.8 Å². The second-order valence-corrected chi connectivity index (χ2v) is 3.97. The van der Waals surface area contributed by atoms with Gasteiger partial charge in [-0.2, -0.15) is 5.10 Å². The molecule has 2 rings (SSSR count). The van der Waals surface area contributed by atoms with Crippen molar-refractivity contribution in [2.45, 2.75) is 6.92 Å². The third kappa shape index (κ3) is 3.56. The summed E-state index contributed by atoms with van der Waals surface area (Å²) < 4.78 is 17.5. The first-order valence-corrected chi connectivity index (χ1v) is 6.14. The number of ether oxygens (including phenoxy) is 1. The summed E-state index contributed by atoms with van der Waals surface area (Å²) in [5.74, 6) is -0.954. The summed E-state index contributed by atoms with van der Waals surface area (Å²) >= 11 is 0. The molecule has 1 heterocycles. The minimum Gasteiger partial charge on any atom is -0.449 e. The fourth-order valence-corrected chi connectivity index (χ4v) is 1.64. The Bertz CT molecular complexity index is 639. The molecule has 3 N–H and O–H groups in total. The molecular formula is C13H13FN4O3. The van der Waals surface area contributed by atoms with Crippen LogP contribution in [-0.2, 0) is 4.74 Å². The van der Waals surface area contributed by atoms with E-state index in [2.05, 4.69) is 25.8 Å². The lowest BCUT2D eigenvalue weighted by Gasteiger charge is -2.07. The highest BCUT2D eigenvalue weighted by atomic mass is 19.1. The fourth-order valence-electron chi connectivity index (χ4n) is 1.64. The highest BCUT2D eigenvalue weighted by Gasteiger charge is 2.16. The maximum atomic E-state index is 12.9. The summed E-state index contributed by atoms with van der Waals surface area (Å²) in [7, 11) is 0. The van der Waals surface area contributed by atoms with Gasteiger partial charge < -0.3 is 4.74 Å². The van der Waals surface area contributed by atoms with E-state index in [1.807, 2.05) is 0 Å². The van der Waals surface area contributed by atoms with Crippen molar-refractivity contribution in [1.82, 2.24) is 21.0 Å². The summed E-state index contributed by atoms with van der Waals surface area (Å²) in [6.07, 6.45) is 0.540. The van der Waals surface area contributed by atoms with Crippen LogP contribution in [0.2, 0.25) is 0 Å². The van der Waals surface area contributed by atoms with Crippen molar-refractivity contribution in [2.75, 3.05) is 6.61 Å². The van der Waals surface area contributed by atoms with E-state index < -0.39 is 12.0 Å². The van der Waals surface area contributed by atoms with Crippen LogP contribution in [0.4, 0.5) is 9.18 Å². The number of carbonyl (C=O) groups excluding carboxylic acids is 2. The SMILES string of the molecule is CCOC(=O)NNC(=O)c1cn[nH]c1-c1ccc(F)cc1. The van der Waals surface area contributed by atoms with Crippen molar-refractivity contribution >= 4 is 12.0 Å². The van der Waals surface area contributed by atoms with Crippen LogP contribution >= 0.6 is 0 Å². The van der Waals surface area contributed by atoms with Crippen LogP contribution in [0.25, 0.3) is 11.3 Å². The predicted octanol–water partition coefficient (Wildman–Crippen LogP) is 1.61. The number of H-pyrrole nitrogens is 1. The Morgan fingerprint density at radius 2 is 2.00 bits per heavy atom. The number of carbonyl (C=O) groups is 2. The zero-order chi connectivity index (χ0) is 15.2. The lowest BCUT2D eigenvalue weighted by Crippen LogP contribution is -2.42. The molecule has 1 aromatic carbocycles. The van der Waals surface area contributed by atoms with Gasteiger partial charge in [-0.1, -0.05) is 0 Å². The molecule has 7 nitrogen and oxygen atoms in total. The van der Waals surface area contributed by atoms with Crippen LogP contribution in [0, 0.1) is 5.82 Å². The number of nitrogens with one attached hydrogen (secondary N) is 3. The molecule has 2 amide bonds. The molecule has 0 atom stereocenters. The normalized spacial score (nSPS) is 10.0. The summed E-state index contributed by atoms with van der Waals surface area (Å²) in [6.45, 7) is 1.83. The number of benzene rings is 1. The molecule has 0 aliphatic rings. The Labute approximate surface area is 119 Å². The molecule has 0 aliphatic carbocycles. The molecule has 0 fully saturated rings. The van der Waals surface area contributed by atoms with E-state index in [1.54, 1.807) is 6.92 Å². The Kier molecular flexibility index (Phi) is 4.50. The van der Waals surface area contributed by atoms with E-state index in [0.717, 1.165) is 0 Å². The lowest BCUT2D eigenvalue weighted by molar-refractivity contribution is 0.0913. The summed E-state index contributed by atoms with van der Waals surface area (Å²) in [5, 5.41) is 6.44. The van der Waals surface area contributed by atoms with Crippen molar-refractivity contribution in [3.63, 3.8) is 0 Å². The van der Waals surface area contributed by atoms with E-state index in [9.17, 15) is 14.0 Å². The lowest BCUT2D eigenvalue weighted by atomic mass is 10.1. The minimum absolute atomic E-state index is 0.189. The van der Waals surface area contributed by atoms with Crippen molar-refractivity contribution in [2.24, 2.45) is 0 Å². The third-order valence-corrected chi connectivity index (χ3v) is 2.57. The Hall–Kier alpha value is -2.90. The first kappa shape index (κ1) is 14.5. The second kappa shape index (κ2) is 6.51. The topological polar surface area (TPSA) is 96.1 Å². The first-order chi connectivity index (χ1) is 10.1. The van der Waals surface area contributed by atoms with Crippen molar-refractivity contribution in [1.29, 1.82) is 0 Å². The smallest absolute Gasteiger partial charge is 0.426 e. The second-order valence-electron chi connectivity index (χ2n) is 3.97. The molecule has 0 bridgehead atoms. The minimum atomic E-state index is -0.766. The van der Waals surface area contributed by atoms with Gasteiger partial charge in [-0.25, -0.2) is 14.6 Å².